The van der Waals surface area contributed by atoms with Gasteiger partial charge in [-0.3, -0.25) is 9.79 Å². The van der Waals surface area contributed by atoms with Crippen LogP contribution >= 0.6 is 0 Å². The Hall–Kier alpha value is -2.50. The van der Waals surface area contributed by atoms with Crippen molar-refractivity contribution in [3.05, 3.63) is 35.5 Å². The molecule has 0 aliphatic carbocycles. The molecule has 1 aromatic heterocycles. The number of carbonyl (C=O) groups is 1. The van der Waals surface area contributed by atoms with Crippen molar-refractivity contribution in [3.8, 4) is 0 Å². The quantitative estimate of drug-likeness (QED) is 0.560. The number of para-hydroxylation sites is 1. The minimum absolute atomic E-state index is 0.143. The van der Waals surface area contributed by atoms with E-state index in [-0.39, 0.29) is 5.91 Å². The standard InChI is InChI=1S/C21H31N5O/c1-15-5-4-6-18-17(14-25-20(15)18)7-10-24-21(23-3)26-11-8-16(9-12-26)13-19(27)22-2/h4-6,14,16,25H,7-13H2,1-3H3,(H,22,27)(H,23,24). The number of aromatic nitrogens is 1. The average molecular weight is 370 g/mol. The molecular weight excluding hydrogens is 338 g/mol. The minimum Gasteiger partial charge on any atom is -0.361 e. The predicted octanol–water partition coefficient (Wildman–Crippen LogP) is 2.44. The number of benzene rings is 1. The minimum atomic E-state index is 0.143. The fourth-order valence-corrected chi connectivity index (χ4v) is 3.93. The van der Waals surface area contributed by atoms with Crippen LogP contribution < -0.4 is 10.6 Å². The lowest BCUT2D eigenvalue weighted by atomic mass is 9.93. The van der Waals surface area contributed by atoms with E-state index in [0.29, 0.717) is 12.3 Å². The summed E-state index contributed by atoms with van der Waals surface area (Å²) in [6.07, 6.45) is 5.78. The highest BCUT2D eigenvalue weighted by molar-refractivity contribution is 5.86. The molecule has 0 bridgehead atoms. The van der Waals surface area contributed by atoms with E-state index in [0.717, 1.165) is 44.9 Å². The van der Waals surface area contributed by atoms with Gasteiger partial charge in [0.1, 0.15) is 0 Å². The SMILES string of the molecule is CN=C(NCCc1c[nH]c2c(C)cccc12)N1CCC(CC(=O)NC)CC1. The number of rotatable bonds is 5. The number of piperidine rings is 1. The first-order chi connectivity index (χ1) is 13.1. The zero-order chi connectivity index (χ0) is 19.2. The molecule has 6 nitrogen and oxygen atoms in total. The molecule has 3 rings (SSSR count). The topological polar surface area (TPSA) is 72.5 Å². The number of fused-ring (bicyclic) bond motifs is 1. The lowest BCUT2D eigenvalue weighted by Gasteiger charge is -2.34. The van der Waals surface area contributed by atoms with Gasteiger partial charge in [0.05, 0.1) is 0 Å². The molecule has 6 heteroatoms. The summed E-state index contributed by atoms with van der Waals surface area (Å²) in [4.78, 5) is 21.7. The number of carbonyl (C=O) groups excluding carboxylic acids is 1. The number of guanidine groups is 1. The normalized spacial score (nSPS) is 16.0. The molecule has 1 aliphatic rings. The van der Waals surface area contributed by atoms with Gasteiger partial charge in [-0.25, -0.2) is 0 Å². The summed E-state index contributed by atoms with van der Waals surface area (Å²) >= 11 is 0. The Labute approximate surface area is 161 Å². The molecule has 1 aromatic carbocycles. The molecule has 1 fully saturated rings. The highest BCUT2D eigenvalue weighted by Crippen LogP contribution is 2.22. The number of amides is 1. The summed E-state index contributed by atoms with van der Waals surface area (Å²) in [5.74, 6) is 1.59. The van der Waals surface area contributed by atoms with Crippen molar-refractivity contribution < 1.29 is 4.79 Å². The molecule has 2 aromatic rings. The number of aromatic amines is 1. The Morgan fingerprint density at radius 3 is 2.81 bits per heavy atom. The monoisotopic (exact) mass is 369 g/mol. The highest BCUT2D eigenvalue weighted by Gasteiger charge is 2.23. The van der Waals surface area contributed by atoms with Crippen LogP contribution in [0.3, 0.4) is 0 Å². The summed E-state index contributed by atoms with van der Waals surface area (Å²) in [5, 5.41) is 7.54. The van der Waals surface area contributed by atoms with Gasteiger partial charge in [0.15, 0.2) is 5.96 Å². The van der Waals surface area contributed by atoms with Crippen LogP contribution in [0.25, 0.3) is 10.9 Å². The second kappa shape index (κ2) is 8.93. The zero-order valence-corrected chi connectivity index (χ0v) is 16.6. The molecule has 1 aliphatic heterocycles. The number of nitrogens with zero attached hydrogens (tertiary/aromatic N) is 2. The second-order valence-corrected chi connectivity index (χ2v) is 7.34. The molecule has 0 unspecified atom stereocenters. The molecule has 0 spiro atoms. The van der Waals surface area contributed by atoms with Crippen LogP contribution in [0.4, 0.5) is 0 Å². The van der Waals surface area contributed by atoms with E-state index in [9.17, 15) is 4.79 Å². The Balaban J connectivity index is 1.50. The summed E-state index contributed by atoms with van der Waals surface area (Å²) in [6.45, 7) is 4.89. The Kier molecular flexibility index (Phi) is 6.37. The lowest BCUT2D eigenvalue weighted by molar-refractivity contribution is -0.121. The number of aliphatic imine (C=N–C) groups is 1. The number of likely N-dealkylation sites (tertiary alicyclic amines) is 1. The third-order valence-electron chi connectivity index (χ3n) is 5.57. The summed E-state index contributed by atoms with van der Waals surface area (Å²) in [5.41, 5.74) is 3.85. The third-order valence-corrected chi connectivity index (χ3v) is 5.57. The van der Waals surface area contributed by atoms with Crippen molar-refractivity contribution >= 4 is 22.8 Å². The Bertz CT molecular complexity index is 802. The maximum Gasteiger partial charge on any atom is 0.220 e. The molecule has 1 amide bonds. The number of aryl methyl sites for hydroxylation is 1. The van der Waals surface area contributed by atoms with Gasteiger partial charge < -0.3 is 20.5 Å². The number of nitrogens with one attached hydrogen (secondary N) is 3. The van der Waals surface area contributed by atoms with Crippen LogP contribution in [0, 0.1) is 12.8 Å². The largest absolute Gasteiger partial charge is 0.361 e. The van der Waals surface area contributed by atoms with Crippen molar-refractivity contribution in [1.82, 2.24) is 20.5 Å². The van der Waals surface area contributed by atoms with Crippen LogP contribution in [0.1, 0.15) is 30.4 Å². The van der Waals surface area contributed by atoms with E-state index in [1.54, 1.807) is 7.05 Å². The third kappa shape index (κ3) is 4.62. The van der Waals surface area contributed by atoms with Gasteiger partial charge in [0, 0.05) is 57.3 Å². The van der Waals surface area contributed by atoms with E-state index in [4.69, 9.17) is 0 Å². The lowest BCUT2D eigenvalue weighted by Crippen LogP contribution is -2.46. The first-order valence-corrected chi connectivity index (χ1v) is 9.84. The van der Waals surface area contributed by atoms with Crippen LogP contribution in [-0.2, 0) is 11.2 Å². The molecule has 27 heavy (non-hydrogen) atoms. The van der Waals surface area contributed by atoms with E-state index >= 15 is 0 Å². The van der Waals surface area contributed by atoms with Crippen LogP contribution in [0.2, 0.25) is 0 Å². The van der Waals surface area contributed by atoms with E-state index in [2.05, 4.69) is 56.8 Å². The summed E-state index contributed by atoms with van der Waals surface area (Å²) in [7, 11) is 3.55. The van der Waals surface area contributed by atoms with Gasteiger partial charge in [0.2, 0.25) is 5.91 Å². The van der Waals surface area contributed by atoms with Gasteiger partial charge in [-0.2, -0.15) is 0 Å². The van der Waals surface area contributed by atoms with Crippen molar-refractivity contribution in [1.29, 1.82) is 0 Å². The van der Waals surface area contributed by atoms with Gasteiger partial charge in [0.25, 0.3) is 0 Å². The molecule has 0 radical (unpaired) electrons. The zero-order valence-electron chi connectivity index (χ0n) is 16.6. The molecule has 3 N–H and O–H groups in total. The van der Waals surface area contributed by atoms with Crippen LogP contribution in [0.15, 0.2) is 29.4 Å². The van der Waals surface area contributed by atoms with Crippen molar-refractivity contribution in [2.75, 3.05) is 33.7 Å². The second-order valence-electron chi connectivity index (χ2n) is 7.34. The van der Waals surface area contributed by atoms with E-state index in [1.165, 1.54) is 22.0 Å². The average Bonchev–Trinajstić information content (AvgIpc) is 3.10. The molecule has 1 saturated heterocycles. The van der Waals surface area contributed by atoms with Gasteiger partial charge in [-0.15, -0.1) is 0 Å². The van der Waals surface area contributed by atoms with Gasteiger partial charge in [-0.05, 0) is 43.2 Å². The van der Waals surface area contributed by atoms with Crippen LogP contribution in [-0.4, -0.2) is 55.5 Å². The molecule has 146 valence electrons. The van der Waals surface area contributed by atoms with Crippen molar-refractivity contribution in [2.24, 2.45) is 10.9 Å². The van der Waals surface area contributed by atoms with Crippen molar-refractivity contribution in [3.63, 3.8) is 0 Å². The fourth-order valence-electron chi connectivity index (χ4n) is 3.93. The molecule has 2 heterocycles. The van der Waals surface area contributed by atoms with Crippen molar-refractivity contribution in [2.45, 2.75) is 32.6 Å². The predicted molar refractivity (Wildman–Crippen MR) is 111 cm³/mol. The maximum absolute atomic E-state index is 11.6. The molecular formula is C21H31N5O. The Morgan fingerprint density at radius 2 is 2.11 bits per heavy atom. The van der Waals surface area contributed by atoms with Crippen LogP contribution in [0.5, 0.6) is 0 Å². The summed E-state index contributed by atoms with van der Waals surface area (Å²) < 4.78 is 0. The molecule has 0 saturated carbocycles. The van der Waals surface area contributed by atoms with E-state index in [1.807, 2.05) is 7.05 Å². The Morgan fingerprint density at radius 1 is 1.33 bits per heavy atom. The number of hydrogen-bond donors (Lipinski definition) is 3. The summed E-state index contributed by atoms with van der Waals surface area (Å²) in [6, 6.07) is 6.43. The first-order valence-electron chi connectivity index (χ1n) is 9.84. The number of hydrogen-bond acceptors (Lipinski definition) is 2. The maximum atomic E-state index is 11.6. The van der Waals surface area contributed by atoms with Gasteiger partial charge in [-0.1, -0.05) is 18.2 Å². The fraction of sp³-hybridized carbons (Fsp3) is 0.524. The first kappa shape index (κ1) is 19.3. The molecule has 0 atom stereocenters. The number of H-pyrrole nitrogens is 1. The van der Waals surface area contributed by atoms with E-state index < -0.39 is 0 Å². The highest BCUT2D eigenvalue weighted by atomic mass is 16.1. The smallest absolute Gasteiger partial charge is 0.220 e. The van der Waals surface area contributed by atoms with Gasteiger partial charge >= 0.3 is 0 Å².